The molecule has 0 bridgehead atoms. The molecule has 7 nitrogen and oxygen atoms in total. The number of nitrogens with zero attached hydrogens (tertiary/aromatic N) is 2. The Bertz CT molecular complexity index is 1220. The molecule has 3 aliphatic rings. The van der Waals surface area contributed by atoms with E-state index >= 15 is 0 Å². The van der Waals surface area contributed by atoms with Crippen LogP contribution in [0.5, 0.6) is 5.75 Å². The van der Waals surface area contributed by atoms with Gasteiger partial charge in [-0.1, -0.05) is 18.2 Å². The molecule has 3 heterocycles. The Balaban J connectivity index is 1.28. The lowest BCUT2D eigenvalue weighted by molar-refractivity contribution is -0.118. The molecule has 0 spiro atoms. The van der Waals surface area contributed by atoms with Crippen molar-refractivity contribution in [2.75, 3.05) is 31.6 Å². The van der Waals surface area contributed by atoms with Gasteiger partial charge in [-0.25, -0.2) is 4.98 Å². The molecule has 0 unspecified atom stereocenters. The van der Waals surface area contributed by atoms with Crippen LogP contribution < -0.4 is 15.8 Å². The predicted molar refractivity (Wildman–Crippen MR) is 143 cm³/mol. The molecule has 2 aliphatic carbocycles. The molecule has 1 aliphatic heterocycles. The number of primary amides is 1. The number of para-hydroxylation sites is 1. The van der Waals surface area contributed by atoms with Gasteiger partial charge in [0.2, 0.25) is 5.91 Å². The molecule has 3 N–H and O–H groups in total. The van der Waals surface area contributed by atoms with Crippen molar-refractivity contribution in [3.05, 3.63) is 46.8 Å². The van der Waals surface area contributed by atoms with Crippen LogP contribution in [0.2, 0.25) is 0 Å². The molecule has 3 aromatic rings. The first-order chi connectivity index (χ1) is 17.6. The molecule has 1 saturated heterocycles. The first-order valence-corrected chi connectivity index (χ1v) is 14.0. The number of carbonyl (C=O) groups excluding carboxylic acids is 1. The summed E-state index contributed by atoms with van der Waals surface area (Å²) >= 11 is 1.74. The average Bonchev–Trinajstić information content (AvgIpc) is 3.45. The minimum absolute atomic E-state index is 0.153. The van der Waals surface area contributed by atoms with E-state index in [4.69, 9.17) is 20.2 Å². The van der Waals surface area contributed by atoms with Gasteiger partial charge in [0, 0.05) is 42.2 Å². The fourth-order valence-corrected chi connectivity index (χ4v) is 7.41. The van der Waals surface area contributed by atoms with Crippen LogP contribution in [0.15, 0.2) is 36.4 Å². The summed E-state index contributed by atoms with van der Waals surface area (Å²) in [6, 6.07) is 12.8. The van der Waals surface area contributed by atoms with Crippen LogP contribution in [-0.4, -0.2) is 54.2 Å². The third kappa shape index (κ3) is 4.94. The number of aryl methyl sites for hydroxylation is 1. The van der Waals surface area contributed by atoms with E-state index in [0.717, 1.165) is 92.3 Å². The fraction of sp³-hybridized carbons (Fsp3) is 0.500. The number of morpholine rings is 1. The summed E-state index contributed by atoms with van der Waals surface area (Å²) in [6.07, 6.45) is 6.90. The number of fused-ring (bicyclic) bond motifs is 3. The molecule has 1 aromatic carbocycles. The van der Waals surface area contributed by atoms with Crippen LogP contribution in [0, 0.1) is 0 Å². The summed E-state index contributed by atoms with van der Waals surface area (Å²) in [4.78, 5) is 21.7. The minimum Gasteiger partial charge on any atom is -0.490 e. The van der Waals surface area contributed by atoms with Crippen LogP contribution in [-0.2, 0) is 16.0 Å². The summed E-state index contributed by atoms with van der Waals surface area (Å²) in [6.45, 7) is 3.77. The van der Waals surface area contributed by atoms with E-state index in [2.05, 4.69) is 16.3 Å². The van der Waals surface area contributed by atoms with Gasteiger partial charge in [-0.05, 0) is 62.1 Å². The molecule has 2 fully saturated rings. The number of benzene rings is 1. The summed E-state index contributed by atoms with van der Waals surface area (Å²) < 4.78 is 12.3. The lowest BCUT2D eigenvalue weighted by Gasteiger charge is -2.38. The van der Waals surface area contributed by atoms with E-state index in [1.54, 1.807) is 11.3 Å². The number of aromatic nitrogens is 1. The van der Waals surface area contributed by atoms with E-state index in [-0.39, 0.29) is 17.9 Å². The van der Waals surface area contributed by atoms with Crippen LogP contribution in [0.25, 0.3) is 10.2 Å². The second-order valence-corrected chi connectivity index (χ2v) is 11.3. The molecule has 190 valence electrons. The smallest absolute Gasteiger partial charge is 0.218 e. The predicted octanol–water partition coefficient (Wildman–Crippen LogP) is 4.97. The first kappa shape index (κ1) is 23.7. The molecule has 0 radical (unpaired) electrons. The molecule has 6 rings (SSSR count). The highest BCUT2D eigenvalue weighted by Crippen LogP contribution is 2.49. The zero-order valence-corrected chi connectivity index (χ0v) is 21.4. The SMILES string of the molecule is NC(=O)C[C@H]1CCc2sc3nc(Nc4ccccc4)cc(OC4CCC(N5CCOCC5)CC4)c3c21. The number of carbonyl (C=O) groups is 1. The number of nitrogens with two attached hydrogens (primary N) is 1. The lowest BCUT2D eigenvalue weighted by atomic mass is 9.91. The maximum Gasteiger partial charge on any atom is 0.218 e. The zero-order chi connectivity index (χ0) is 24.5. The highest BCUT2D eigenvalue weighted by molar-refractivity contribution is 7.19. The number of ether oxygens (including phenoxy) is 2. The number of pyridine rings is 1. The van der Waals surface area contributed by atoms with E-state index in [1.807, 2.05) is 30.3 Å². The van der Waals surface area contributed by atoms with Gasteiger partial charge >= 0.3 is 0 Å². The van der Waals surface area contributed by atoms with E-state index in [1.165, 1.54) is 10.4 Å². The second-order valence-electron chi connectivity index (χ2n) is 10.2. The molecule has 8 heteroatoms. The van der Waals surface area contributed by atoms with Crippen molar-refractivity contribution in [1.82, 2.24) is 9.88 Å². The third-order valence-electron chi connectivity index (χ3n) is 7.86. The molecule has 1 atom stereocenters. The number of amides is 1. The highest BCUT2D eigenvalue weighted by Gasteiger charge is 2.33. The Kier molecular flexibility index (Phi) is 6.82. The Morgan fingerprint density at radius 2 is 1.92 bits per heavy atom. The van der Waals surface area contributed by atoms with Gasteiger partial charge < -0.3 is 20.5 Å². The van der Waals surface area contributed by atoms with Crippen molar-refractivity contribution in [2.45, 2.75) is 63.0 Å². The van der Waals surface area contributed by atoms with Crippen molar-refractivity contribution in [2.24, 2.45) is 5.73 Å². The van der Waals surface area contributed by atoms with Crippen LogP contribution in [0.1, 0.15) is 54.9 Å². The van der Waals surface area contributed by atoms with Crippen LogP contribution in [0.3, 0.4) is 0 Å². The molecule has 1 amide bonds. The van der Waals surface area contributed by atoms with Gasteiger partial charge in [0.25, 0.3) is 0 Å². The standard InChI is InChI=1S/C28H34N4O3S/c29-24(33)16-18-6-11-23-26(18)27-22(17-25(31-28(27)36-23)30-19-4-2-1-3-5-19)35-21-9-7-20(8-10-21)32-12-14-34-15-13-32/h1-5,17-18,20-21H,6-16H2,(H2,29,33)(H,30,31)/t18-,20?,21?/m1/s1. The van der Waals surface area contributed by atoms with Gasteiger partial charge in [0.05, 0.1) is 24.7 Å². The molecule has 1 saturated carbocycles. The summed E-state index contributed by atoms with van der Waals surface area (Å²) in [5, 5.41) is 4.55. The Morgan fingerprint density at radius 3 is 2.67 bits per heavy atom. The van der Waals surface area contributed by atoms with Crippen LogP contribution >= 0.6 is 11.3 Å². The van der Waals surface area contributed by atoms with Gasteiger partial charge in [-0.2, -0.15) is 0 Å². The van der Waals surface area contributed by atoms with E-state index in [0.29, 0.717) is 12.5 Å². The normalized spacial score (nSPS) is 24.5. The molecular weight excluding hydrogens is 472 g/mol. The zero-order valence-electron chi connectivity index (χ0n) is 20.6. The van der Waals surface area contributed by atoms with Gasteiger partial charge in [-0.3, -0.25) is 9.69 Å². The number of thiophene rings is 1. The van der Waals surface area contributed by atoms with Crippen molar-refractivity contribution in [1.29, 1.82) is 0 Å². The maximum atomic E-state index is 11.8. The highest BCUT2D eigenvalue weighted by atomic mass is 32.1. The number of rotatable bonds is 7. The van der Waals surface area contributed by atoms with Crippen molar-refractivity contribution < 1.29 is 14.3 Å². The molecule has 36 heavy (non-hydrogen) atoms. The van der Waals surface area contributed by atoms with Gasteiger partial charge in [-0.15, -0.1) is 11.3 Å². The Morgan fingerprint density at radius 1 is 1.14 bits per heavy atom. The van der Waals surface area contributed by atoms with Gasteiger partial charge in [0.15, 0.2) is 0 Å². The van der Waals surface area contributed by atoms with Gasteiger partial charge in [0.1, 0.15) is 16.4 Å². The van der Waals surface area contributed by atoms with E-state index < -0.39 is 0 Å². The number of hydrogen-bond acceptors (Lipinski definition) is 7. The van der Waals surface area contributed by atoms with Crippen LogP contribution in [0.4, 0.5) is 11.5 Å². The number of hydrogen-bond donors (Lipinski definition) is 2. The maximum absolute atomic E-state index is 11.8. The largest absolute Gasteiger partial charge is 0.490 e. The quantitative estimate of drug-likeness (QED) is 0.470. The Hall–Kier alpha value is -2.68. The summed E-state index contributed by atoms with van der Waals surface area (Å²) in [7, 11) is 0. The molecular formula is C28H34N4O3S. The second kappa shape index (κ2) is 10.4. The van der Waals surface area contributed by atoms with Crippen molar-refractivity contribution in [3.63, 3.8) is 0 Å². The fourth-order valence-electron chi connectivity index (χ4n) is 6.12. The molecule has 2 aromatic heterocycles. The summed E-state index contributed by atoms with van der Waals surface area (Å²) in [5.41, 5.74) is 7.85. The third-order valence-corrected chi connectivity index (χ3v) is 9.02. The monoisotopic (exact) mass is 506 g/mol. The van der Waals surface area contributed by atoms with E-state index in [9.17, 15) is 4.79 Å². The minimum atomic E-state index is -0.244. The topological polar surface area (TPSA) is 89.7 Å². The lowest BCUT2D eigenvalue weighted by Crippen LogP contribution is -2.46. The van der Waals surface area contributed by atoms with Crippen molar-refractivity contribution in [3.8, 4) is 5.75 Å². The number of anilines is 2. The average molecular weight is 507 g/mol. The Labute approximate surface area is 216 Å². The summed E-state index contributed by atoms with van der Waals surface area (Å²) in [5.74, 6) is 1.59. The van der Waals surface area contributed by atoms with Crippen molar-refractivity contribution >= 4 is 39.0 Å². The first-order valence-electron chi connectivity index (χ1n) is 13.2. The number of nitrogens with one attached hydrogen (secondary N) is 1.